The smallest absolute Gasteiger partial charge is 0.277 e. The molecule has 2 heterocycles. The molecule has 8 heteroatoms. The number of carbonyl (C=O) groups is 1. The van der Waals surface area contributed by atoms with Crippen LogP contribution in [0, 0.1) is 17.7 Å². The van der Waals surface area contributed by atoms with Crippen molar-refractivity contribution >= 4 is 17.2 Å². The Morgan fingerprint density at radius 2 is 2.27 bits per heavy atom. The first kappa shape index (κ1) is 18.3. The number of carbonyl (C=O) groups excluding carboxylic acids is 1. The van der Waals surface area contributed by atoms with Gasteiger partial charge in [0, 0.05) is 11.6 Å². The van der Waals surface area contributed by atoms with Crippen LogP contribution < -0.4 is 10.5 Å². The molecule has 0 radical (unpaired) electrons. The highest BCUT2D eigenvalue weighted by molar-refractivity contribution is 7.14. The number of aromatic nitrogens is 1. The minimum atomic E-state index is -0.876. The van der Waals surface area contributed by atoms with E-state index in [0.29, 0.717) is 17.0 Å². The maximum Gasteiger partial charge on any atom is 0.277 e. The number of fused-ring (bicyclic) bond motifs is 3. The van der Waals surface area contributed by atoms with E-state index >= 15 is 0 Å². The van der Waals surface area contributed by atoms with Crippen molar-refractivity contribution in [2.75, 3.05) is 20.7 Å². The van der Waals surface area contributed by atoms with Gasteiger partial charge in [-0.1, -0.05) is 11.8 Å². The highest BCUT2D eigenvalue weighted by Crippen LogP contribution is 2.43. The van der Waals surface area contributed by atoms with Crippen molar-refractivity contribution in [2.24, 2.45) is 5.73 Å². The van der Waals surface area contributed by atoms with E-state index in [1.807, 2.05) is 19.0 Å². The lowest BCUT2D eigenvalue weighted by molar-refractivity contribution is 0.1000. The van der Waals surface area contributed by atoms with Gasteiger partial charge in [0.15, 0.2) is 5.01 Å². The highest BCUT2D eigenvalue weighted by atomic mass is 32.1. The molecule has 136 valence electrons. The van der Waals surface area contributed by atoms with Crippen molar-refractivity contribution in [3.05, 3.63) is 33.4 Å². The number of hydrogen-bond acceptors (Lipinski definition) is 6. The van der Waals surface area contributed by atoms with Crippen molar-refractivity contribution in [1.82, 2.24) is 9.88 Å². The quantitative estimate of drug-likeness (QED) is 0.781. The maximum atomic E-state index is 14.4. The number of benzene rings is 1. The molecule has 0 bridgehead atoms. The number of aliphatic hydroxyl groups excluding tert-OH is 1. The minimum absolute atomic E-state index is 0.121. The monoisotopic (exact) mass is 375 g/mol. The minimum Gasteiger partial charge on any atom is -0.491 e. The summed E-state index contributed by atoms with van der Waals surface area (Å²) < 4.78 is 20.2. The Hall–Kier alpha value is -2.47. The second kappa shape index (κ2) is 7.03. The van der Waals surface area contributed by atoms with E-state index in [-0.39, 0.29) is 23.2 Å². The topological polar surface area (TPSA) is 88.7 Å². The maximum absolute atomic E-state index is 14.4. The summed E-state index contributed by atoms with van der Waals surface area (Å²) in [5.74, 6) is 4.31. The second-order valence-electron chi connectivity index (χ2n) is 6.16. The summed E-state index contributed by atoms with van der Waals surface area (Å²) in [6, 6.07) is 2.63. The number of nitrogens with zero attached hydrogens (tertiary/aromatic N) is 2. The number of nitrogens with two attached hydrogens (primary N) is 1. The summed E-state index contributed by atoms with van der Waals surface area (Å²) in [5, 5.41) is 9.51. The summed E-state index contributed by atoms with van der Waals surface area (Å²) in [7, 11) is 3.77. The zero-order valence-corrected chi connectivity index (χ0v) is 15.4. The van der Waals surface area contributed by atoms with Crippen molar-refractivity contribution < 1.29 is 19.0 Å². The third-order valence-electron chi connectivity index (χ3n) is 3.93. The molecule has 0 spiro atoms. The summed E-state index contributed by atoms with van der Waals surface area (Å²) in [4.78, 5) is 18.7. The molecule has 1 aromatic heterocycles. The highest BCUT2D eigenvalue weighted by Gasteiger charge is 2.30. The molecular weight excluding hydrogens is 357 g/mol. The molecule has 0 fully saturated rings. The lowest BCUT2D eigenvalue weighted by atomic mass is 10.0. The van der Waals surface area contributed by atoms with Gasteiger partial charge in [0.25, 0.3) is 5.91 Å². The number of likely N-dealkylation sites (N-methyl/N-ethyl adjacent to an activating group) is 1. The van der Waals surface area contributed by atoms with Crippen LogP contribution in [0.2, 0.25) is 0 Å². The lowest BCUT2D eigenvalue weighted by Gasteiger charge is -2.21. The number of ether oxygens (including phenoxy) is 1. The molecule has 1 aliphatic heterocycles. The average molecular weight is 375 g/mol. The van der Waals surface area contributed by atoms with Crippen molar-refractivity contribution in [1.29, 1.82) is 0 Å². The average Bonchev–Trinajstić information content (AvgIpc) is 2.93. The molecule has 0 saturated heterocycles. The normalized spacial score (nSPS) is 16.6. The first-order valence-electron chi connectivity index (χ1n) is 7.91. The Morgan fingerprint density at radius 3 is 2.88 bits per heavy atom. The van der Waals surface area contributed by atoms with Gasteiger partial charge >= 0.3 is 0 Å². The largest absolute Gasteiger partial charge is 0.491 e. The summed E-state index contributed by atoms with van der Waals surface area (Å²) in [6.07, 6.45) is -0.876. The molecule has 26 heavy (non-hydrogen) atoms. The number of hydrogen-bond donors (Lipinski definition) is 2. The number of amides is 1. The number of thiazole rings is 1. The van der Waals surface area contributed by atoms with Gasteiger partial charge in [0.05, 0.1) is 22.2 Å². The van der Waals surface area contributed by atoms with E-state index in [9.17, 15) is 14.3 Å². The Morgan fingerprint density at radius 1 is 1.54 bits per heavy atom. The molecule has 3 rings (SSSR count). The molecule has 1 amide bonds. The van der Waals surface area contributed by atoms with Crippen molar-refractivity contribution in [3.63, 3.8) is 0 Å². The fourth-order valence-corrected chi connectivity index (χ4v) is 3.73. The third-order valence-corrected chi connectivity index (χ3v) is 5.10. The second-order valence-corrected chi connectivity index (χ2v) is 7.19. The predicted molar refractivity (Wildman–Crippen MR) is 96.5 cm³/mol. The number of aliphatic hydroxyl groups is 1. The van der Waals surface area contributed by atoms with Gasteiger partial charge in [0.1, 0.15) is 24.3 Å². The molecule has 1 aliphatic rings. The zero-order valence-electron chi connectivity index (χ0n) is 14.5. The van der Waals surface area contributed by atoms with E-state index in [1.165, 1.54) is 30.4 Å². The van der Waals surface area contributed by atoms with Crippen LogP contribution in [0.5, 0.6) is 5.75 Å². The number of rotatable bonds is 2. The molecule has 0 saturated carbocycles. The molecule has 2 atom stereocenters. The van der Waals surface area contributed by atoms with Crippen molar-refractivity contribution in [2.45, 2.75) is 19.1 Å². The molecule has 6 nitrogen and oxygen atoms in total. The van der Waals surface area contributed by atoms with Gasteiger partial charge in [-0.05, 0) is 27.1 Å². The van der Waals surface area contributed by atoms with Gasteiger partial charge in [0.2, 0.25) is 0 Å². The molecular formula is C18H18FN3O3S. The van der Waals surface area contributed by atoms with Crippen LogP contribution >= 0.6 is 11.3 Å². The Bertz CT molecular complexity index is 928. The van der Waals surface area contributed by atoms with Crippen LogP contribution in [-0.2, 0) is 0 Å². The van der Waals surface area contributed by atoms with Gasteiger partial charge in [-0.25, -0.2) is 9.37 Å². The molecule has 3 N–H and O–H groups in total. The lowest BCUT2D eigenvalue weighted by Crippen LogP contribution is -2.24. The van der Waals surface area contributed by atoms with Crippen LogP contribution in [0.25, 0.3) is 11.3 Å². The molecule has 0 aliphatic carbocycles. The Labute approximate surface area is 154 Å². The predicted octanol–water partition coefficient (Wildman–Crippen LogP) is 1.78. The Balaban J connectivity index is 2.22. The van der Waals surface area contributed by atoms with Crippen LogP contribution in [0.1, 0.15) is 33.2 Å². The standard InChI is InChI=1S/C18H18FN3O3S/c1-9(23)4-5-10-6-11-14(7-12(10)19)25-8-13(22(2)3)16-15(11)21-18(26-16)17(20)24/h6-7,9,13,23H,8H2,1-3H3,(H2,20,24)/t9?,13-/m0/s1. The third kappa shape index (κ3) is 3.42. The first-order valence-corrected chi connectivity index (χ1v) is 8.73. The van der Waals surface area contributed by atoms with E-state index in [1.54, 1.807) is 0 Å². The number of primary amides is 1. The summed E-state index contributed by atoms with van der Waals surface area (Å²) in [5.41, 5.74) is 6.60. The van der Waals surface area contributed by atoms with E-state index < -0.39 is 17.8 Å². The van der Waals surface area contributed by atoms with Gasteiger partial charge in [-0.2, -0.15) is 0 Å². The Kier molecular flexibility index (Phi) is 4.96. The zero-order chi connectivity index (χ0) is 19.0. The fourth-order valence-electron chi connectivity index (χ4n) is 2.62. The van der Waals surface area contributed by atoms with E-state index in [0.717, 1.165) is 4.88 Å². The van der Waals surface area contributed by atoms with Crippen LogP contribution in [0.3, 0.4) is 0 Å². The molecule has 1 unspecified atom stereocenters. The van der Waals surface area contributed by atoms with Crippen LogP contribution in [0.4, 0.5) is 4.39 Å². The first-order chi connectivity index (χ1) is 12.3. The van der Waals surface area contributed by atoms with Gasteiger partial charge in [-0.3, -0.25) is 9.69 Å². The van der Waals surface area contributed by atoms with Crippen LogP contribution in [-0.4, -0.2) is 47.7 Å². The fraction of sp³-hybridized carbons (Fsp3) is 0.333. The molecule has 2 aromatic rings. The number of halogens is 1. The summed E-state index contributed by atoms with van der Waals surface area (Å²) in [6.45, 7) is 1.78. The summed E-state index contributed by atoms with van der Waals surface area (Å²) >= 11 is 1.21. The van der Waals surface area contributed by atoms with Crippen LogP contribution in [0.15, 0.2) is 12.1 Å². The van der Waals surface area contributed by atoms with Gasteiger partial charge < -0.3 is 15.6 Å². The van der Waals surface area contributed by atoms with E-state index in [4.69, 9.17) is 10.5 Å². The van der Waals surface area contributed by atoms with E-state index in [2.05, 4.69) is 16.8 Å². The molecule has 1 aromatic carbocycles. The van der Waals surface area contributed by atoms with Gasteiger partial charge in [-0.15, -0.1) is 11.3 Å². The van der Waals surface area contributed by atoms with Crippen molar-refractivity contribution in [3.8, 4) is 28.8 Å². The SMILES string of the molecule is CC(O)C#Cc1cc2c(cc1F)OC[C@H](N(C)C)c1sc(C(N)=O)nc1-2.